The molecule has 0 saturated carbocycles. The van der Waals surface area contributed by atoms with Crippen LogP contribution in [0.25, 0.3) is 10.8 Å². The highest BCUT2D eigenvalue weighted by Crippen LogP contribution is 2.59. The molecule has 1 spiro atoms. The maximum Gasteiger partial charge on any atom is 0.312 e. The largest absolute Gasteiger partial charge is 0.465 e. The summed E-state index contributed by atoms with van der Waals surface area (Å²) in [5.41, 5.74) is -0.489. The molecule has 2 amide bonds. The average Bonchev–Trinajstić information content (AvgIpc) is 3.60. The number of fused-ring (bicyclic) bond motifs is 2. The average molecular weight is 533 g/mol. The summed E-state index contributed by atoms with van der Waals surface area (Å²) in [6, 6.07) is 12.0. The van der Waals surface area contributed by atoms with Crippen LogP contribution in [0.4, 0.5) is 5.69 Å². The number of anilines is 1. The lowest BCUT2D eigenvalue weighted by atomic mass is 9.70. The van der Waals surface area contributed by atoms with Crippen molar-refractivity contribution in [3.63, 3.8) is 0 Å². The number of likely N-dealkylation sites (tertiary alicyclic amines) is 1. The number of allylic oxidation sites excluding steroid dienone is 1. The lowest BCUT2D eigenvalue weighted by Gasteiger charge is -2.38. The summed E-state index contributed by atoms with van der Waals surface area (Å²) in [6.45, 7) is 9.39. The fourth-order valence-electron chi connectivity index (χ4n) is 6.64. The van der Waals surface area contributed by atoms with Gasteiger partial charge in [-0.2, -0.15) is 0 Å². The van der Waals surface area contributed by atoms with Crippen LogP contribution in [0.2, 0.25) is 0 Å². The third-order valence-electron chi connectivity index (χ3n) is 8.40. The van der Waals surface area contributed by atoms with Gasteiger partial charge in [0.1, 0.15) is 11.6 Å². The van der Waals surface area contributed by atoms with E-state index in [1.165, 1.54) is 4.90 Å². The predicted molar refractivity (Wildman–Crippen MR) is 148 cm³/mol. The Bertz CT molecular complexity index is 1290. The molecule has 0 aliphatic carbocycles. The molecular formula is C31H36N2O6. The van der Waals surface area contributed by atoms with Crippen molar-refractivity contribution in [2.24, 2.45) is 11.8 Å². The van der Waals surface area contributed by atoms with Crippen LogP contribution in [0.3, 0.4) is 0 Å². The smallest absolute Gasteiger partial charge is 0.312 e. The Hall–Kier alpha value is -3.49. The SMILES string of the molecule is C=CCCCOC(=O)[C@@H]1[C@@H]2CCC3(O2)C(C(=O)N(CC=C)c2ccc4ccccc4c2)N([C@H](C)CO)C(=O)[C@H]13. The first-order chi connectivity index (χ1) is 18.9. The molecule has 0 aromatic heterocycles. The van der Waals surface area contributed by atoms with Gasteiger partial charge in [0.2, 0.25) is 5.91 Å². The molecule has 3 heterocycles. The van der Waals surface area contributed by atoms with Crippen molar-refractivity contribution >= 4 is 34.2 Å². The molecule has 3 saturated heterocycles. The number of aliphatic hydroxyl groups excluding tert-OH is 1. The molecule has 3 aliphatic heterocycles. The number of amides is 2. The topological polar surface area (TPSA) is 96.4 Å². The van der Waals surface area contributed by atoms with Crippen LogP contribution in [0.5, 0.6) is 0 Å². The first-order valence-electron chi connectivity index (χ1n) is 13.7. The van der Waals surface area contributed by atoms with Gasteiger partial charge in [-0.05, 0) is 55.5 Å². The summed E-state index contributed by atoms with van der Waals surface area (Å²) in [5, 5.41) is 12.1. The summed E-state index contributed by atoms with van der Waals surface area (Å²) in [4.78, 5) is 44.8. The highest BCUT2D eigenvalue weighted by molar-refractivity contribution is 6.05. The quantitative estimate of drug-likeness (QED) is 0.270. The van der Waals surface area contributed by atoms with Crippen LogP contribution in [0.15, 0.2) is 67.8 Å². The van der Waals surface area contributed by atoms with E-state index in [2.05, 4.69) is 13.2 Å². The van der Waals surface area contributed by atoms with Crippen molar-refractivity contribution in [2.75, 3.05) is 24.7 Å². The molecule has 2 unspecified atom stereocenters. The summed E-state index contributed by atoms with van der Waals surface area (Å²) in [6.07, 6.45) is 5.32. The number of benzene rings is 2. The molecule has 1 N–H and O–H groups in total. The Morgan fingerprint density at radius 1 is 1.23 bits per heavy atom. The molecule has 6 atom stereocenters. The van der Waals surface area contributed by atoms with Gasteiger partial charge in [-0.15, -0.1) is 13.2 Å². The summed E-state index contributed by atoms with van der Waals surface area (Å²) in [7, 11) is 0. The molecule has 2 bridgehead atoms. The number of carbonyl (C=O) groups excluding carboxylic acids is 3. The normalized spacial score (nSPS) is 27.8. The zero-order chi connectivity index (χ0) is 27.7. The van der Waals surface area contributed by atoms with E-state index in [0.29, 0.717) is 24.9 Å². The molecule has 39 heavy (non-hydrogen) atoms. The van der Waals surface area contributed by atoms with Gasteiger partial charge < -0.3 is 24.4 Å². The van der Waals surface area contributed by atoms with Crippen LogP contribution >= 0.6 is 0 Å². The van der Waals surface area contributed by atoms with E-state index in [1.54, 1.807) is 24.0 Å². The lowest BCUT2D eigenvalue weighted by molar-refractivity contribution is -0.155. The number of esters is 1. The highest BCUT2D eigenvalue weighted by atomic mass is 16.6. The van der Waals surface area contributed by atoms with Crippen molar-refractivity contribution in [3.05, 3.63) is 67.8 Å². The van der Waals surface area contributed by atoms with Crippen molar-refractivity contribution in [1.29, 1.82) is 0 Å². The van der Waals surface area contributed by atoms with Gasteiger partial charge in [0.05, 0.1) is 37.2 Å². The molecule has 8 heteroatoms. The van der Waals surface area contributed by atoms with Crippen molar-refractivity contribution < 1.29 is 29.0 Å². The van der Waals surface area contributed by atoms with E-state index in [-0.39, 0.29) is 31.6 Å². The number of nitrogens with zero attached hydrogens (tertiary/aromatic N) is 2. The second-order valence-corrected chi connectivity index (χ2v) is 10.7. The standard InChI is InChI=1S/C31H36N2O6/c1-4-6-9-17-38-30(37)25-24-14-15-31(39-24)26(25)28(35)33(20(3)19-34)27(31)29(36)32(16-5-2)23-13-12-21-10-7-8-11-22(21)18-23/h4-5,7-8,10-13,18,20,24-27,34H,1-2,6,9,14-17,19H2,3H3/t20-,24+,25-,26+,27?,31?/m1/s1. The molecule has 206 valence electrons. The maximum atomic E-state index is 14.5. The van der Waals surface area contributed by atoms with Gasteiger partial charge in [-0.25, -0.2) is 0 Å². The summed E-state index contributed by atoms with van der Waals surface area (Å²) in [5.74, 6) is -2.75. The maximum absolute atomic E-state index is 14.5. The minimum atomic E-state index is -1.16. The van der Waals surface area contributed by atoms with Crippen LogP contribution in [0.1, 0.15) is 32.6 Å². The van der Waals surface area contributed by atoms with E-state index in [4.69, 9.17) is 9.47 Å². The van der Waals surface area contributed by atoms with Gasteiger partial charge in [0, 0.05) is 12.2 Å². The first kappa shape index (κ1) is 27.1. The molecule has 3 fully saturated rings. The van der Waals surface area contributed by atoms with Crippen LogP contribution in [-0.2, 0) is 23.9 Å². The zero-order valence-electron chi connectivity index (χ0n) is 22.3. The zero-order valence-corrected chi connectivity index (χ0v) is 22.3. The van der Waals surface area contributed by atoms with Crippen molar-refractivity contribution in [3.8, 4) is 0 Å². The highest BCUT2D eigenvalue weighted by Gasteiger charge is 2.75. The van der Waals surface area contributed by atoms with Gasteiger partial charge >= 0.3 is 5.97 Å². The van der Waals surface area contributed by atoms with E-state index in [9.17, 15) is 19.5 Å². The van der Waals surface area contributed by atoms with Gasteiger partial charge in [-0.3, -0.25) is 14.4 Å². The second-order valence-electron chi connectivity index (χ2n) is 10.7. The van der Waals surface area contributed by atoms with Crippen molar-refractivity contribution in [2.45, 2.75) is 56.4 Å². The third-order valence-corrected chi connectivity index (χ3v) is 8.40. The number of unbranched alkanes of at least 4 members (excludes halogenated alkanes) is 1. The van der Waals surface area contributed by atoms with Gasteiger partial charge in [0.25, 0.3) is 5.91 Å². The van der Waals surface area contributed by atoms with E-state index in [0.717, 1.165) is 17.2 Å². The Morgan fingerprint density at radius 3 is 2.72 bits per heavy atom. The Morgan fingerprint density at radius 2 is 2.00 bits per heavy atom. The monoisotopic (exact) mass is 532 g/mol. The third kappa shape index (κ3) is 4.45. The van der Waals surface area contributed by atoms with E-state index < -0.39 is 41.6 Å². The Labute approximate surface area is 228 Å². The molecule has 5 rings (SSSR count). The Kier molecular flexibility index (Phi) is 7.60. The Balaban J connectivity index is 1.52. The molecular weight excluding hydrogens is 496 g/mol. The second kappa shape index (κ2) is 10.9. The lowest BCUT2D eigenvalue weighted by Crippen LogP contribution is -2.58. The molecule has 8 nitrogen and oxygen atoms in total. The minimum Gasteiger partial charge on any atom is -0.465 e. The summed E-state index contributed by atoms with van der Waals surface area (Å²) < 4.78 is 12.0. The number of ether oxygens (including phenoxy) is 2. The van der Waals surface area contributed by atoms with Crippen LogP contribution in [0, 0.1) is 11.8 Å². The molecule has 0 radical (unpaired) electrons. The first-order valence-corrected chi connectivity index (χ1v) is 13.7. The van der Waals surface area contributed by atoms with E-state index >= 15 is 0 Å². The molecule has 2 aromatic rings. The summed E-state index contributed by atoms with van der Waals surface area (Å²) >= 11 is 0. The van der Waals surface area contributed by atoms with Gasteiger partial charge in [-0.1, -0.05) is 42.5 Å². The van der Waals surface area contributed by atoms with Crippen molar-refractivity contribution in [1.82, 2.24) is 4.90 Å². The number of hydrogen-bond acceptors (Lipinski definition) is 6. The number of rotatable bonds is 11. The van der Waals surface area contributed by atoms with Gasteiger partial charge in [0.15, 0.2) is 0 Å². The van der Waals surface area contributed by atoms with Crippen LogP contribution < -0.4 is 4.90 Å². The predicted octanol–water partition coefficient (Wildman–Crippen LogP) is 3.62. The fraction of sp³-hybridized carbons (Fsp3) is 0.452. The molecule has 3 aliphatic rings. The fourth-order valence-corrected chi connectivity index (χ4v) is 6.64. The minimum absolute atomic E-state index is 0.224. The van der Waals surface area contributed by atoms with E-state index in [1.807, 2.05) is 42.5 Å². The number of hydrogen-bond donors (Lipinski definition) is 1. The molecule has 2 aromatic carbocycles. The number of aliphatic hydroxyl groups is 1. The number of carbonyl (C=O) groups is 3. The van der Waals surface area contributed by atoms with Crippen LogP contribution in [-0.4, -0.2) is 71.3 Å².